The molecule has 1 aliphatic rings. The number of pyridine rings is 1. The number of nitrogens with one attached hydrogen (secondary N) is 1. The maximum absolute atomic E-state index is 11.4. The zero-order chi connectivity index (χ0) is 13.0. The summed E-state index contributed by atoms with van der Waals surface area (Å²) in [5.41, 5.74) is 6.67. The molecule has 1 aromatic heterocycles. The summed E-state index contributed by atoms with van der Waals surface area (Å²) in [5.74, 6) is 0.816. The Hall–Kier alpha value is -1.78. The highest BCUT2D eigenvalue weighted by Crippen LogP contribution is 2.25. The Bertz CT molecular complexity index is 428. The van der Waals surface area contributed by atoms with E-state index >= 15 is 0 Å². The van der Waals surface area contributed by atoms with Gasteiger partial charge in [-0.05, 0) is 30.9 Å². The number of esters is 1. The van der Waals surface area contributed by atoms with Crippen LogP contribution in [0.2, 0.25) is 0 Å². The fraction of sp³-hybridized carbons (Fsp3) is 0.538. The van der Waals surface area contributed by atoms with Crippen molar-refractivity contribution in [2.75, 3.05) is 24.7 Å². The molecule has 1 aromatic rings. The van der Waals surface area contributed by atoms with Crippen LogP contribution in [0.25, 0.3) is 0 Å². The van der Waals surface area contributed by atoms with Gasteiger partial charge in [0.2, 0.25) is 0 Å². The fourth-order valence-corrected chi connectivity index (χ4v) is 2.29. The van der Waals surface area contributed by atoms with Crippen LogP contribution in [0.15, 0.2) is 12.1 Å². The highest BCUT2D eigenvalue weighted by atomic mass is 16.5. The second-order valence-electron chi connectivity index (χ2n) is 4.66. The first-order chi connectivity index (χ1) is 8.70. The maximum Gasteiger partial charge on any atom is 0.356 e. The monoisotopic (exact) mass is 249 g/mol. The van der Waals surface area contributed by atoms with Gasteiger partial charge in [-0.3, -0.25) is 0 Å². The van der Waals surface area contributed by atoms with Crippen molar-refractivity contribution in [3.05, 3.63) is 17.8 Å². The molecular weight excluding hydrogens is 230 g/mol. The Kier molecular flexibility index (Phi) is 4.02. The van der Waals surface area contributed by atoms with Gasteiger partial charge in [0.1, 0.15) is 5.82 Å². The van der Waals surface area contributed by atoms with Crippen LogP contribution in [0.4, 0.5) is 11.5 Å². The zero-order valence-electron chi connectivity index (χ0n) is 10.6. The minimum absolute atomic E-state index is 0.278. The third kappa shape index (κ3) is 2.91. The number of carbonyl (C=O) groups excluding carboxylic acids is 1. The number of anilines is 2. The minimum atomic E-state index is -0.445. The summed E-state index contributed by atoms with van der Waals surface area (Å²) in [6.45, 7) is 0.863. The van der Waals surface area contributed by atoms with Crippen molar-refractivity contribution in [2.45, 2.75) is 25.7 Å². The normalized spacial score (nSPS) is 15.6. The standard InChI is InChI=1S/C13H19N3O2/c1-18-13(17)11-7-6-10(14)12(16-11)15-8-9-4-2-3-5-9/h6-7,9H,2-5,8,14H2,1H3,(H,15,16). The van der Waals surface area contributed by atoms with Gasteiger partial charge in [0.05, 0.1) is 12.8 Å². The third-order valence-corrected chi connectivity index (χ3v) is 3.35. The van der Waals surface area contributed by atoms with Crippen molar-refractivity contribution in [1.29, 1.82) is 0 Å². The molecule has 1 heterocycles. The molecule has 1 aliphatic carbocycles. The molecule has 5 nitrogen and oxygen atoms in total. The smallest absolute Gasteiger partial charge is 0.356 e. The van der Waals surface area contributed by atoms with E-state index in [9.17, 15) is 4.79 Å². The highest BCUT2D eigenvalue weighted by Gasteiger charge is 2.16. The number of hydrogen-bond donors (Lipinski definition) is 2. The molecule has 0 bridgehead atoms. The molecule has 0 amide bonds. The minimum Gasteiger partial charge on any atom is -0.464 e. The summed E-state index contributed by atoms with van der Waals surface area (Å²) >= 11 is 0. The Balaban J connectivity index is 2.03. The number of carbonyl (C=O) groups is 1. The summed E-state index contributed by atoms with van der Waals surface area (Å²) in [7, 11) is 1.34. The number of methoxy groups -OCH3 is 1. The summed E-state index contributed by atoms with van der Waals surface area (Å²) in [6, 6.07) is 3.25. The van der Waals surface area contributed by atoms with Crippen molar-refractivity contribution >= 4 is 17.5 Å². The van der Waals surface area contributed by atoms with Gasteiger partial charge in [-0.25, -0.2) is 9.78 Å². The van der Waals surface area contributed by atoms with E-state index in [4.69, 9.17) is 5.73 Å². The lowest BCUT2D eigenvalue weighted by Crippen LogP contribution is -2.15. The molecule has 0 aromatic carbocycles. The lowest BCUT2D eigenvalue weighted by atomic mass is 10.1. The van der Waals surface area contributed by atoms with Crippen LogP contribution >= 0.6 is 0 Å². The molecule has 18 heavy (non-hydrogen) atoms. The van der Waals surface area contributed by atoms with Crippen LogP contribution in [0.3, 0.4) is 0 Å². The molecular formula is C13H19N3O2. The first-order valence-electron chi connectivity index (χ1n) is 6.29. The fourth-order valence-electron chi connectivity index (χ4n) is 2.29. The number of nitrogens with zero attached hydrogens (tertiary/aromatic N) is 1. The SMILES string of the molecule is COC(=O)c1ccc(N)c(NCC2CCCC2)n1. The van der Waals surface area contributed by atoms with Crippen molar-refractivity contribution in [2.24, 2.45) is 5.92 Å². The van der Waals surface area contributed by atoms with Crippen LogP contribution in [-0.2, 0) is 4.74 Å². The highest BCUT2D eigenvalue weighted by molar-refractivity contribution is 5.88. The summed E-state index contributed by atoms with van der Waals surface area (Å²) in [4.78, 5) is 15.6. The lowest BCUT2D eigenvalue weighted by molar-refractivity contribution is 0.0594. The van der Waals surface area contributed by atoms with Crippen LogP contribution in [0, 0.1) is 5.92 Å². The molecule has 0 aliphatic heterocycles. The summed E-state index contributed by atoms with van der Waals surface area (Å²) in [5, 5.41) is 3.23. The topological polar surface area (TPSA) is 77.2 Å². The second-order valence-corrected chi connectivity index (χ2v) is 4.66. The van der Waals surface area contributed by atoms with Crippen LogP contribution < -0.4 is 11.1 Å². The Labute approximate surface area is 107 Å². The van der Waals surface area contributed by atoms with Gasteiger partial charge in [-0.15, -0.1) is 0 Å². The Morgan fingerprint density at radius 2 is 2.22 bits per heavy atom. The third-order valence-electron chi connectivity index (χ3n) is 3.35. The van der Waals surface area contributed by atoms with E-state index < -0.39 is 5.97 Å². The molecule has 1 saturated carbocycles. The first kappa shape index (κ1) is 12.7. The molecule has 1 fully saturated rings. The molecule has 2 rings (SSSR count). The van der Waals surface area contributed by atoms with Gasteiger partial charge in [0, 0.05) is 6.54 Å². The van der Waals surface area contributed by atoms with Crippen LogP contribution in [0.1, 0.15) is 36.2 Å². The number of rotatable bonds is 4. The lowest BCUT2D eigenvalue weighted by Gasteiger charge is -2.13. The Morgan fingerprint density at radius 3 is 2.89 bits per heavy atom. The molecule has 0 radical (unpaired) electrons. The number of ether oxygens (including phenoxy) is 1. The van der Waals surface area contributed by atoms with E-state index in [0.717, 1.165) is 6.54 Å². The van der Waals surface area contributed by atoms with Gasteiger partial charge in [-0.2, -0.15) is 0 Å². The van der Waals surface area contributed by atoms with E-state index in [2.05, 4.69) is 15.0 Å². The average molecular weight is 249 g/mol. The predicted octanol–water partition coefficient (Wildman–Crippen LogP) is 2.05. The van der Waals surface area contributed by atoms with E-state index in [1.807, 2.05) is 0 Å². The predicted molar refractivity (Wildman–Crippen MR) is 70.4 cm³/mol. The van der Waals surface area contributed by atoms with Crippen LogP contribution in [-0.4, -0.2) is 24.6 Å². The number of hydrogen-bond acceptors (Lipinski definition) is 5. The summed E-state index contributed by atoms with van der Waals surface area (Å²) in [6.07, 6.45) is 5.11. The largest absolute Gasteiger partial charge is 0.464 e. The van der Waals surface area contributed by atoms with E-state index in [-0.39, 0.29) is 5.69 Å². The van der Waals surface area contributed by atoms with Crippen molar-refractivity contribution in [3.63, 3.8) is 0 Å². The van der Waals surface area contributed by atoms with Crippen molar-refractivity contribution in [3.8, 4) is 0 Å². The Morgan fingerprint density at radius 1 is 1.50 bits per heavy atom. The van der Waals surface area contributed by atoms with Gasteiger partial charge >= 0.3 is 5.97 Å². The average Bonchev–Trinajstić information content (AvgIpc) is 2.90. The van der Waals surface area contributed by atoms with Crippen molar-refractivity contribution < 1.29 is 9.53 Å². The van der Waals surface area contributed by atoms with E-state index in [0.29, 0.717) is 17.4 Å². The number of nitrogen functional groups attached to an aromatic ring is 1. The summed E-state index contributed by atoms with van der Waals surface area (Å²) < 4.78 is 4.64. The molecule has 5 heteroatoms. The van der Waals surface area contributed by atoms with Gasteiger partial charge < -0.3 is 15.8 Å². The zero-order valence-corrected chi connectivity index (χ0v) is 10.6. The molecule has 0 spiro atoms. The quantitative estimate of drug-likeness (QED) is 0.799. The first-order valence-corrected chi connectivity index (χ1v) is 6.29. The van der Waals surface area contributed by atoms with Gasteiger partial charge in [-0.1, -0.05) is 12.8 Å². The number of nitrogens with two attached hydrogens (primary N) is 1. The van der Waals surface area contributed by atoms with Gasteiger partial charge in [0.25, 0.3) is 0 Å². The molecule has 3 N–H and O–H groups in total. The second kappa shape index (κ2) is 5.71. The van der Waals surface area contributed by atoms with Crippen LogP contribution in [0.5, 0.6) is 0 Å². The van der Waals surface area contributed by atoms with Crippen molar-refractivity contribution in [1.82, 2.24) is 4.98 Å². The molecule has 0 atom stereocenters. The van der Waals surface area contributed by atoms with Gasteiger partial charge in [0.15, 0.2) is 5.69 Å². The van der Waals surface area contributed by atoms with E-state index in [1.54, 1.807) is 12.1 Å². The molecule has 0 saturated heterocycles. The number of aromatic nitrogens is 1. The molecule has 98 valence electrons. The maximum atomic E-state index is 11.4. The molecule has 0 unspecified atom stereocenters. The van der Waals surface area contributed by atoms with E-state index in [1.165, 1.54) is 32.8 Å².